The first-order valence-electron chi connectivity index (χ1n) is 9.31. The van der Waals surface area contributed by atoms with Crippen LogP contribution in [-0.2, 0) is 9.59 Å². The number of carbonyl (C=O) groups is 2. The zero-order valence-electron chi connectivity index (χ0n) is 16.3. The molecule has 0 unspecified atom stereocenters. The average Bonchev–Trinajstić information content (AvgIpc) is 2.60. The highest BCUT2D eigenvalue weighted by atomic mass is 16.5. The van der Waals surface area contributed by atoms with Gasteiger partial charge in [0.1, 0.15) is 5.75 Å². The van der Waals surface area contributed by atoms with Crippen LogP contribution in [0.15, 0.2) is 24.3 Å². The Morgan fingerprint density at radius 1 is 1.31 bits per heavy atom. The molecule has 1 saturated heterocycles. The summed E-state index contributed by atoms with van der Waals surface area (Å²) in [6, 6.07) is 7.83. The number of piperidine rings is 1. The lowest BCUT2D eigenvalue weighted by Crippen LogP contribution is -2.54. The van der Waals surface area contributed by atoms with Gasteiger partial charge in [0.05, 0.1) is 6.54 Å². The molecule has 1 aromatic carbocycles. The average molecular weight is 361 g/mol. The minimum Gasteiger partial charge on any atom is -0.484 e. The summed E-state index contributed by atoms with van der Waals surface area (Å²) in [6.45, 7) is 5.83. The molecule has 26 heavy (non-hydrogen) atoms. The van der Waals surface area contributed by atoms with Crippen molar-refractivity contribution in [3.8, 4) is 5.75 Å². The van der Waals surface area contributed by atoms with Gasteiger partial charge in [-0.1, -0.05) is 25.1 Å². The van der Waals surface area contributed by atoms with Crippen LogP contribution in [0, 0.1) is 12.8 Å². The molecule has 0 saturated carbocycles. The molecule has 1 heterocycles. The molecule has 2 atom stereocenters. The van der Waals surface area contributed by atoms with Crippen LogP contribution >= 0.6 is 0 Å². The molecule has 0 aliphatic carbocycles. The minimum atomic E-state index is 0.00442. The van der Waals surface area contributed by atoms with Gasteiger partial charge in [-0.25, -0.2) is 0 Å². The molecule has 6 nitrogen and oxygen atoms in total. The van der Waals surface area contributed by atoms with Crippen LogP contribution in [0.4, 0.5) is 0 Å². The standard InChI is InChI=1S/C20H31N3O3/c1-5-16-12-23(11-10-17(16)21-19(24)13-22(3)4)20(25)14-26-18-9-7-6-8-15(18)2/h6-9,16-17H,5,10-14H2,1-4H3,(H,21,24)/t16-,17+/m1/s1. The normalized spacial score (nSPS) is 20.1. The fourth-order valence-electron chi connectivity index (χ4n) is 3.35. The van der Waals surface area contributed by atoms with Crippen LogP contribution < -0.4 is 10.1 Å². The second-order valence-corrected chi connectivity index (χ2v) is 7.26. The van der Waals surface area contributed by atoms with Gasteiger partial charge in [0.15, 0.2) is 6.61 Å². The number of aryl methyl sites for hydroxylation is 1. The first kappa shape index (κ1) is 20.2. The molecule has 144 valence electrons. The number of ether oxygens (including phenoxy) is 1. The molecular weight excluding hydrogens is 330 g/mol. The maximum absolute atomic E-state index is 12.5. The number of carbonyl (C=O) groups excluding carboxylic acids is 2. The van der Waals surface area contributed by atoms with E-state index in [0.717, 1.165) is 24.2 Å². The first-order valence-corrected chi connectivity index (χ1v) is 9.31. The summed E-state index contributed by atoms with van der Waals surface area (Å²) in [7, 11) is 3.76. The van der Waals surface area contributed by atoms with Gasteiger partial charge in [-0.05, 0) is 51.4 Å². The van der Waals surface area contributed by atoms with E-state index in [4.69, 9.17) is 4.74 Å². The Balaban J connectivity index is 1.86. The van der Waals surface area contributed by atoms with Gasteiger partial charge in [-0.15, -0.1) is 0 Å². The number of nitrogens with one attached hydrogen (secondary N) is 1. The van der Waals surface area contributed by atoms with Crippen LogP contribution in [0.5, 0.6) is 5.75 Å². The van der Waals surface area contributed by atoms with Gasteiger partial charge < -0.3 is 19.9 Å². The van der Waals surface area contributed by atoms with E-state index in [2.05, 4.69) is 12.2 Å². The van der Waals surface area contributed by atoms with Crippen LogP contribution in [0.2, 0.25) is 0 Å². The van der Waals surface area contributed by atoms with E-state index in [9.17, 15) is 9.59 Å². The predicted molar refractivity (Wildman–Crippen MR) is 102 cm³/mol. The van der Waals surface area contributed by atoms with Crippen LogP contribution in [0.3, 0.4) is 0 Å². The molecule has 1 fully saturated rings. The number of hydrogen-bond donors (Lipinski definition) is 1. The molecule has 0 radical (unpaired) electrons. The Kier molecular flexibility index (Phi) is 7.45. The van der Waals surface area contributed by atoms with Crippen molar-refractivity contribution in [2.24, 2.45) is 5.92 Å². The zero-order chi connectivity index (χ0) is 19.1. The Morgan fingerprint density at radius 2 is 2.04 bits per heavy atom. The molecular formula is C20H31N3O3. The third-order valence-electron chi connectivity index (χ3n) is 4.86. The lowest BCUT2D eigenvalue weighted by molar-refractivity contribution is -0.135. The summed E-state index contributed by atoms with van der Waals surface area (Å²) in [5, 5.41) is 3.13. The Morgan fingerprint density at radius 3 is 2.69 bits per heavy atom. The van der Waals surface area contributed by atoms with Crippen molar-refractivity contribution < 1.29 is 14.3 Å². The van der Waals surface area contributed by atoms with E-state index in [1.807, 2.05) is 55.1 Å². The van der Waals surface area contributed by atoms with Gasteiger partial charge in [0, 0.05) is 19.1 Å². The lowest BCUT2D eigenvalue weighted by Gasteiger charge is -2.38. The molecule has 2 amide bonds. The monoisotopic (exact) mass is 361 g/mol. The van der Waals surface area contributed by atoms with Gasteiger partial charge in [0.2, 0.25) is 5.91 Å². The molecule has 1 N–H and O–H groups in total. The van der Waals surface area contributed by atoms with E-state index in [1.54, 1.807) is 0 Å². The summed E-state index contributed by atoms with van der Waals surface area (Å²) in [5.41, 5.74) is 1.02. The molecule has 0 spiro atoms. The number of likely N-dealkylation sites (N-methyl/N-ethyl adjacent to an activating group) is 1. The fourth-order valence-corrected chi connectivity index (χ4v) is 3.35. The quantitative estimate of drug-likeness (QED) is 0.803. The van der Waals surface area contributed by atoms with E-state index in [0.29, 0.717) is 19.6 Å². The molecule has 1 aliphatic rings. The van der Waals surface area contributed by atoms with E-state index >= 15 is 0 Å². The summed E-state index contributed by atoms with van der Waals surface area (Å²) in [4.78, 5) is 28.3. The van der Waals surface area contributed by atoms with Gasteiger partial charge in [-0.3, -0.25) is 9.59 Å². The van der Waals surface area contributed by atoms with Crippen LogP contribution in [0.1, 0.15) is 25.3 Å². The Hall–Kier alpha value is -2.08. The highest BCUT2D eigenvalue weighted by Gasteiger charge is 2.31. The van der Waals surface area contributed by atoms with Gasteiger partial charge >= 0.3 is 0 Å². The molecule has 1 aliphatic heterocycles. The van der Waals surface area contributed by atoms with Crippen molar-refractivity contribution in [3.63, 3.8) is 0 Å². The number of benzene rings is 1. The number of amides is 2. The second kappa shape index (κ2) is 9.57. The van der Waals surface area contributed by atoms with Crippen molar-refractivity contribution >= 4 is 11.8 Å². The second-order valence-electron chi connectivity index (χ2n) is 7.26. The van der Waals surface area contributed by atoms with Crippen LogP contribution in [0.25, 0.3) is 0 Å². The summed E-state index contributed by atoms with van der Waals surface area (Å²) < 4.78 is 5.69. The van der Waals surface area contributed by atoms with Crippen molar-refractivity contribution in [3.05, 3.63) is 29.8 Å². The maximum atomic E-state index is 12.5. The molecule has 0 bridgehead atoms. The molecule has 1 aromatic rings. The van der Waals surface area contributed by atoms with E-state index in [-0.39, 0.29) is 30.4 Å². The number of nitrogens with zero attached hydrogens (tertiary/aromatic N) is 2. The van der Waals surface area contributed by atoms with E-state index < -0.39 is 0 Å². The number of hydrogen-bond acceptors (Lipinski definition) is 4. The fraction of sp³-hybridized carbons (Fsp3) is 0.600. The minimum absolute atomic E-state index is 0.00442. The first-order chi connectivity index (χ1) is 12.4. The number of para-hydroxylation sites is 1. The smallest absolute Gasteiger partial charge is 0.260 e. The van der Waals surface area contributed by atoms with Gasteiger partial charge in [-0.2, -0.15) is 0 Å². The zero-order valence-corrected chi connectivity index (χ0v) is 16.3. The molecule has 0 aromatic heterocycles. The summed E-state index contributed by atoms with van der Waals surface area (Å²) in [5.74, 6) is 1.07. The molecule has 2 rings (SSSR count). The maximum Gasteiger partial charge on any atom is 0.260 e. The molecule has 6 heteroatoms. The summed E-state index contributed by atoms with van der Waals surface area (Å²) >= 11 is 0. The number of likely N-dealkylation sites (tertiary alicyclic amines) is 1. The van der Waals surface area contributed by atoms with Crippen molar-refractivity contribution in [1.29, 1.82) is 0 Å². The highest BCUT2D eigenvalue weighted by Crippen LogP contribution is 2.21. The topological polar surface area (TPSA) is 61.9 Å². The Bertz CT molecular complexity index is 618. The van der Waals surface area contributed by atoms with Gasteiger partial charge in [0.25, 0.3) is 5.91 Å². The third-order valence-corrected chi connectivity index (χ3v) is 4.86. The Labute approximate surface area is 156 Å². The lowest BCUT2D eigenvalue weighted by atomic mass is 9.89. The van der Waals surface area contributed by atoms with Crippen molar-refractivity contribution in [2.75, 3.05) is 40.3 Å². The SMILES string of the molecule is CC[C@@H]1CN(C(=O)COc2ccccc2C)CC[C@@H]1NC(=O)CN(C)C. The van der Waals surface area contributed by atoms with Crippen LogP contribution in [-0.4, -0.2) is 68.0 Å². The highest BCUT2D eigenvalue weighted by molar-refractivity contribution is 5.79. The third kappa shape index (κ3) is 5.73. The predicted octanol–water partition coefficient (Wildman–Crippen LogP) is 1.68. The number of rotatable bonds is 7. The largest absolute Gasteiger partial charge is 0.484 e. The van der Waals surface area contributed by atoms with Crippen molar-refractivity contribution in [2.45, 2.75) is 32.7 Å². The van der Waals surface area contributed by atoms with E-state index in [1.165, 1.54) is 0 Å². The van der Waals surface area contributed by atoms with Crippen molar-refractivity contribution in [1.82, 2.24) is 15.1 Å². The summed E-state index contributed by atoms with van der Waals surface area (Å²) in [6.07, 6.45) is 1.71.